The van der Waals surface area contributed by atoms with Crippen LogP contribution in [0.3, 0.4) is 0 Å². The largest absolute Gasteiger partial charge is 0.465 e. The van der Waals surface area contributed by atoms with Crippen molar-refractivity contribution >= 4 is 28.8 Å². The molecule has 0 unspecified atom stereocenters. The molecule has 0 spiro atoms. The zero-order valence-corrected chi connectivity index (χ0v) is 13.3. The Bertz CT molecular complexity index is 600. The topological polar surface area (TPSA) is 52.6 Å². The van der Waals surface area contributed by atoms with Crippen LogP contribution in [0.15, 0.2) is 22.9 Å². The van der Waals surface area contributed by atoms with Crippen LogP contribution in [0.4, 0.5) is 4.79 Å². The Kier molecular flexibility index (Phi) is 4.57. The van der Waals surface area contributed by atoms with E-state index in [1.54, 1.807) is 16.2 Å². The maximum Gasteiger partial charge on any atom is 0.407 e. The Morgan fingerprint density at radius 1 is 1.14 bits per heavy atom. The number of rotatable bonds is 0. The van der Waals surface area contributed by atoms with Crippen molar-refractivity contribution in [2.45, 2.75) is 25.9 Å². The molecule has 0 saturated heterocycles. The lowest BCUT2D eigenvalue weighted by molar-refractivity contribution is 0.140. The minimum atomic E-state index is -0.813. The highest BCUT2D eigenvalue weighted by atomic mass is 32.1. The summed E-state index contributed by atoms with van der Waals surface area (Å²) in [5.41, 5.74) is 2.68. The van der Waals surface area contributed by atoms with E-state index in [9.17, 15) is 4.79 Å². The second kappa shape index (κ2) is 6.60. The summed E-state index contributed by atoms with van der Waals surface area (Å²) in [6.45, 7) is 3.45. The SMILES string of the molecule is O=C(O)N1CCc2sccc2C1.c1cc2c(s1)CCNC2. The van der Waals surface area contributed by atoms with Gasteiger partial charge in [-0.3, -0.25) is 0 Å². The first-order valence-electron chi connectivity index (χ1n) is 7.03. The van der Waals surface area contributed by atoms with E-state index in [4.69, 9.17) is 5.11 Å². The third kappa shape index (κ3) is 3.45. The molecule has 2 aliphatic rings. The van der Waals surface area contributed by atoms with Crippen molar-refractivity contribution in [3.8, 4) is 0 Å². The molecule has 6 heteroatoms. The predicted octanol–water partition coefficient (Wildman–Crippen LogP) is 3.18. The molecular formula is C15H18N2O2S2. The molecule has 4 heterocycles. The lowest BCUT2D eigenvalue weighted by Gasteiger charge is -2.23. The summed E-state index contributed by atoms with van der Waals surface area (Å²) in [6.07, 6.45) is 1.29. The second-order valence-corrected chi connectivity index (χ2v) is 7.12. The van der Waals surface area contributed by atoms with Gasteiger partial charge in [-0.1, -0.05) is 0 Å². The highest BCUT2D eigenvalue weighted by molar-refractivity contribution is 7.10. The van der Waals surface area contributed by atoms with E-state index < -0.39 is 6.09 Å². The molecule has 2 aromatic heterocycles. The standard InChI is InChI=1S/C8H9NO2S.C7H9NS/c10-8(11)9-3-1-7-6(5-9)2-4-12-7;1-3-8-5-6-2-4-9-7(1)6/h2,4H,1,3,5H2,(H,10,11);2,4,8H,1,3,5H2. The molecule has 2 aromatic rings. The van der Waals surface area contributed by atoms with Gasteiger partial charge in [-0.25, -0.2) is 4.79 Å². The van der Waals surface area contributed by atoms with E-state index in [1.807, 2.05) is 22.8 Å². The summed E-state index contributed by atoms with van der Waals surface area (Å²) in [4.78, 5) is 15.0. The van der Waals surface area contributed by atoms with E-state index in [0.29, 0.717) is 13.1 Å². The Balaban J connectivity index is 0.000000131. The molecule has 4 rings (SSSR count). The van der Waals surface area contributed by atoms with Gasteiger partial charge in [-0.05, 0) is 46.9 Å². The molecule has 0 bridgehead atoms. The molecule has 21 heavy (non-hydrogen) atoms. The van der Waals surface area contributed by atoms with Crippen LogP contribution in [-0.4, -0.2) is 29.2 Å². The van der Waals surface area contributed by atoms with Crippen molar-refractivity contribution in [3.63, 3.8) is 0 Å². The number of hydrogen-bond donors (Lipinski definition) is 2. The fourth-order valence-corrected chi connectivity index (χ4v) is 4.38. The van der Waals surface area contributed by atoms with Gasteiger partial charge in [0.05, 0.1) is 6.54 Å². The van der Waals surface area contributed by atoms with E-state index in [0.717, 1.165) is 19.5 Å². The average Bonchev–Trinajstić information content (AvgIpc) is 3.15. The summed E-state index contributed by atoms with van der Waals surface area (Å²) in [7, 11) is 0. The van der Waals surface area contributed by atoms with E-state index >= 15 is 0 Å². The Hall–Kier alpha value is -1.37. The molecule has 4 nitrogen and oxygen atoms in total. The third-order valence-corrected chi connectivity index (χ3v) is 5.81. The molecule has 2 N–H and O–H groups in total. The maximum atomic E-state index is 10.6. The number of hydrogen-bond acceptors (Lipinski definition) is 4. The smallest absolute Gasteiger partial charge is 0.407 e. The Labute approximate surface area is 132 Å². The first-order valence-corrected chi connectivity index (χ1v) is 8.79. The molecule has 0 saturated carbocycles. The zero-order valence-electron chi connectivity index (χ0n) is 11.7. The molecule has 2 aliphatic heterocycles. The van der Waals surface area contributed by atoms with Gasteiger partial charge in [-0.15, -0.1) is 22.7 Å². The number of fused-ring (bicyclic) bond motifs is 2. The molecule has 0 atom stereocenters. The van der Waals surface area contributed by atoms with Crippen LogP contribution in [0.25, 0.3) is 0 Å². The van der Waals surface area contributed by atoms with Crippen molar-refractivity contribution in [3.05, 3.63) is 43.8 Å². The average molecular weight is 322 g/mol. The fraction of sp³-hybridized carbons (Fsp3) is 0.400. The van der Waals surface area contributed by atoms with E-state index in [-0.39, 0.29) is 0 Å². The molecule has 0 aromatic carbocycles. The van der Waals surface area contributed by atoms with Crippen LogP contribution < -0.4 is 5.32 Å². The monoisotopic (exact) mass is 322 g/mol. The highest BCUT2D eigenvalue weighted by Gasteiger charge is 2.20. The van der Waals surface area contributed by atoms with Crippen molar-refractivity contribution in [2.24, 2.45) is 0 Å². The minimum Gasteiger partial charge on any atom is -0.465 e. The number of amides is 1. The van der Waals surface area contributed by atoms with Gasteiger partial charge in [0, 0.05) is 29.4 Å². The van der Waals surface area contributed by atoms with Crippen LogP contribution in [0.2, 0.25) is 0 Å². The molecule has 0 aliphatic carbocycles. The Morgan fingerprint density at radius 2 is 1.86 bits per heavy atom. The second-order valence-electron chi connectivity index (χ2n) is 5.12. The number of carbonyl (C=O) groups is 1. The van der Waals surface area contributed by atoms with Gasteiger partial charge in [-0.2, -0.15) is 0 Å². The van der Waals surface area contributed by atoms with E-state index in [2.05, 4.69) is 16.8 Å². The highest BCUT2D eigenvalue weighted by Crippen LogP contribution is 2.23. The fourth-order valence-electron chi connectivity index (χ4n) is 2.58. The number of thiophene rings is 2. The summed E-state index contributed by atoms with van der Waals surface area (Å²) in [6, 6.07) is 4.22. The number of carboxylic acid groups (broad SMARTS) is 1. The lowest BCUT2D eigenvalue weighted by atomic mass is 10.1. The number of nitrogens with zero attached hydrogens (tertiary/aromatic N) is 1. The third-order valence-electron chi connectivity index (χ3n) is 3.76. The van der Waals surface area contributed by atoms with Crippen molar-refractivity contribution in [1.29, 1.82) is 0 Å². The summed E-state index contributed by atoms with van der Waals surface area (Å²) >= 11 is 3.60. The molecular weight excluding hydrogens is 304 g/mol. The maximum absolute atomic E-state index is 10.6. The van der Waals surface area contributed by atoms with Crippen molar-refractivity contribution in [1.82, 2.24) is 10.2 Å². The predicted molar refractivity (Wildman–Crippen MR) is 86.2 cm³/mol. The van der Waals surface area contributed by atoms with Crippen LogP contribution in [0, 0.1) is 0 Å². The summed E-state index contributed by atoms with van der Waals surface area (Å²) < 4.78 is 0. The summed E-state index contributed by atoms with van der Waals surface area (Å²) in [5.74, 6) is 0. The van der Waals surface area contributed by atoms with Crippen molar-refractivity contribution in [2.75, 3.05) is 13.1 Å². The van der Waals surface area contributed by atoms with Gasteiger partial charge in [0.2, 0.25) is 0 Å². The normalized spacial score (nSPS) is 16.5. The first-order chi connectivity index (χ1) is 10.2. The van der Waals surface area contributed by atoms with Gasteiger partial charge >= 0.3 is 6.09 Å². The van der Waals surface area contributed by atoms with Gasteiger partial charge in [0.25, 0.3) is 0 Å². The van der Waals surface area contributed by atoms with Crippen LogP contribution in [0.1, 0.15) is 20.9 Å². The molecule has 1 amide bonds. The molecule has 0 radical (unpaired) electrons. The molecule has 112 valence electrons. The van der Waals surface area contributed by atoms with Gasteiger partial charge < -0.3 is 15.3 Å². The van der Waals surface area contributed by atoms with E-state index in [1.165, 1.54) is 27.3 Å². The molecule has 0 fully saturated rings. The van der Waals surface area contributed by atoms with Crippen LogP contribution in [0.5, 0.6) is 0 Å². The Morgan fingerprint density at radius 3 is 2.57 bits per heavy atom. The van der Waals surface area contributed by atoms with Crippen LogP contribution in [-0.2, 0) is 25.9 Å². The summed E-state index contributed by atoms with van der Waals surface area (Å²) in [5, 5.41) is 16.3. The minimum absolute atomic E-state index is 0.564. The zero-order chi connectivity index (χ0) is 14.7. The first kappa shape index (κ1) is 14.6. The lowest BCUT2D eigenvalue weighted by Crippen LogP contribution is -2.33. The number of nitrogens with one attached hydrogen (secondary N) is 1. The van der Waals surface area contributed by atoms with Crippen molar-refractivity contribution < 1.29 is 9.90 Å². The van der Waals surface area contributed by atoms with Gasteiger partial charge in [0.15, 0.2) is 0 Å². The quantitative estimate of drug-likeness (QED) is 0.783. The van der Waals surface area contributed by atoms with Gasteiger partial charge in [0.1, 0.15) is 0 Å². The van der Waals surface area contributed by atoms with Crippen LogP contribution >= 0.6 is 22.7 Å².